The molecule has 0 aliphatic heterocycles. The molecule has 1 fully saturated rings. The van der Waals surface area contributed by atoms with Crippen LogP contribution in [0.4, 0.5) is 5.82 Å². The summed E-state index contributed by atoms with van der Waals surface area (Å²) in [6.07, 6.45) is 1.41. The molecule has 0 unspecified atom stereocenters. The van der Waals surface area contributed by atoms with E-state index in [1.807, 2.05) is 13.1 Å². The molecule has 1 aliphatic rings. The number of nitriles is 1. The molecule has 6 N–H and O–H groups in total. The first-order chi connectivity index (χ1) is 15.6. The van der Waals surface area contributed by atoms with Crippen LogP contribution >= 0.6 is 0 Å². The van der Waals surface area contributed by atoms with E-state index in [1.54, 1.807) is 13.1 Å². The predicted octanol–water partition coefficient (Wildman–Crippen LogP) is 1.05. The minimum Gasteiger partial charge on any atom is -0.479 e. The Labute approximate surface area is 190 Å². The molecule has 3 rings (SSSR count). The van der Waals surface area contributed by atoms with Crippen molar-refractivity contribution >= 4 is 28.8 Å². The third-order valence-corrected chi connectivity index (χ3v) is 5.60. The van der Waals surface area contributed by atoms with Gasteiger partial charge in [-0.25, -0.2) is 19.6 Å². The summed E-state index contributed by atoms with van der Waals surface area (Å²) in [7, 11) is 1.84. The van der Waals surface area contributed by atoms with Crippen molar-refractivity contribution in [3.63, 3.8) is 0 Å². The zero-order valence-corrected chi connectivity index (χ0v) is 18.4. The number of carboxylic acid groups (broad SMARTS) is 2. The molecule has 180 valence electrons. The summed E-state index contributed by atoms with van der Waals surface area (Å²) in [5, 5.41) is 54.6. The number of aliphatic hydroxyl groups is 3. The number of aromatic nitrogens is 3. The fraction of sp³-hybridized carbons (Fsp3) is 0.571. The second kappa shape index (κ2) is 11.6. The molecule has 12 nitrogen and oxygen atoms in total. The molecule has 0 radical (unpaired) electrons. The van der Waals surface area contributed by atoms with Crippen LogP contribution in [0, 0.1) is 17.2 Å². The first-order valence-corrected chi connectivity index (χ1v) is 10.5. The fourth-order valence-corrected chi connectivity index (χ4v) is 3.84. The maximum absolute atomic E-state index is 10.1. The van der Waals surface area contributed by atoms with Gasteiger partial charge in [-0.15, -0.1) is 0 Å². The van der Waals surface area contributed by atoms with E-state index in [4.69, 9.17) is 25.7 Å². The monoisotopic (exact) mass is 463 g/mol. The standard InChI is InChI=1S/C17H23N5O.C4H6O6/c1-11(23)17-21-14-10-20-16(19-2)9-15(14)22(17)13-5-3-12(4-6-13)7-8-18;5-1(3(7)8)2(6)4(9)10/h9-13,23H,3-7H2,1-2H3,(H,19,20);1-2,5-6H,(H,7,8)(H,9,10)/t11-,12?,13?;1-,2-/m11/s1. The minimum absolute atomic E-state index is 0.326. The number of pyridine rings is 1. The number of aliphatic hydroxyl groups excluding tert-OH is 3. The molecular weight excluding hydrogens is 434 g/mol. The number of aliphatic carboxylic acids is 2. The number of nitrogens with one attached hydrogen (secondary N) is 1. The lowest BCUT2D eigenvalue weighted by Gasteiger charge is -2.30. The van der Waals surface area contributed by atoms with Crippen molar-refractivity contribution in [3.8, 4) is 6.07 Å². The van der Waals surface area contributed by atoms with Crippen LogP contribution in [-0.2, 0) is 9.59 Å². The average molecular weight is 463 g/mol. The Morgan fingerprint density at radius 1 is 1.18 bits per heavy atom. The highest BCUT2D eigenvalue weighted by Crippen LogP contribution is 2.37. The van der Waals surface area contributed by atoms with E-state index in [-0.39, 0.29) is 0 Å². The van der Waals surface area contributed by atoms with Gasteiger partial charge in [-0.2, -0.15) is 5.26 Å². The van der Waals surface area contributed by atoms with Crippen molar-refractivity contribution in [1.29, 1.82) is 5.26 Å². The van der Waals surface area contributed by atoms with Crippen molar-refractivity contribution in [1.82, 2.24) is 14.5 Å². The number of nitrogens with zero attached hydrogens (tertiary/aromatic N) is 4. The van der Waals surface area contributed by atoms with Crippen LogP contribution < -0.4 is 5.32 Å². The molecule has 3 atom stereocenters. The van der Waals surface area contributed by atoms with Crippen molar-refractivity contribution in [2.45, 2.75) is 63.4 Å². The average Bonchev–Trinajstić information content (AvgIpc) is 3.18. The lowest BCUT2D eigenvalue weighted by atomic mass is 9.84. The first-order valence-electron chi connectivity index (χ1n) is 10.5. The Morgan fingerprint density at radius 2 is 1.76 bits per heavy atom. The van der Waals surface area contributed by atoms with Crippen LogP contribution in [0.3, 0.4) is 0 Å². The largest absolute Gasteiger partial charge is 0.479 e. The van der Waals surface area contributed by atoms with Gasteiger partial charge in [0.05, 0.1) is 17.8 Å². The van der Waals surface area contributed by atoms with Gasteiger partial charge in [0, 0.05) is 25.6 Å². The Morgan fingerprint density at radius 3 is 2.21 bits per heavy atom. The normalized spacial score (nSPS) is 20.6. The van der Waals surface area contributed by atoms with Gasteiger partial charge in [-0.05, 0) is 38.5 Å². The first kappa shape index (κ1) is 26.0. The number of hydrogen-bond donors (Lipinski definition) is 6. The maximum atomic E-state index is 10.1. The molecule has 2 aromatic heterocycles. The molecule has 1 saturated carbocycles. The summed E-state index contributed by atoms with van der Waals surface area (Å²) in [5.74, 6) is -1.52. The highest BCUT2D eigenvalue weighted by Gasteiger charge is 2.29. The van der Waals surface area contributed by atoms with Gasteiger partial charge < -0.3 is 35.4 Å². The number of fused-ring (bicyclic) bond motifs is 1. The fourth-order valence-electron chi connectivity index (χ4n) is 3.84. The van der Waals surface area contributed by atoms with Crippen LogP contribution in [0.25, 0.3) is 11.0 Å². The number of hydrogen-bond acceptors (Lipinski definition) is 9. The van der Waals surface area contributed by atoms with E-state index in [1.165, 1.54) is 0 Å². The zero-order valence-electron chi connectivity index (χ0n) is 18.4. The van der Waals surface area contributed by atoms with E-state index in [2.05, 4.69) is 25.9 Å². The van der Waals surface area contributed by atoms with E-state index < -0.39 is 30.3 Å². The van der Waals surface area contributed by atoms with Gasteiger partial charge in [0.25, 0.3) is 0 Å². The van der Waals surface area contributed by atoms with Crippen LogP contribution in [0.5, 0.6) is 0 Å². The van der Waals surface area contributed by atoms with Crippen LogP contribution in [0.15, 0.2) is 12.3 Å². The molecule has 0 aromatic carbocycles. The number of rotatable bonds is 7. The van der Waals surface area contributed by atoms with E-state index >= 15 is 0 Å². The highest BCUT2D eigenvalue weighted by atomic mass is 16.4. The summed E-state index contributed by atoms with van der Waals surface area (Å²) in [6.45, 7) is 1.76. The van der Waals surface area contributed by atoms with Gasteiger partial charge in [0.15, 0.2) is 12.2 Å². The quantitative estimate of drug-likeness (QED) is 0.342. The molecule has 0 bridgehead atoms. The summed E-state index contributed by atoms with van der Waals surface area (Å²) in [6, 6.07) is 4.61. The van der Waals surface area contributed by atoms with Gasteiger partial charge in [-0.3, -0.25) is 0 Å². The Balaban J connectivity index is 0.000000328. The molecular formula is C21H29N5O7. The predicted molar refractivity (Wildman–Crippen MR) is 116 cm³/mol. The lowest BCUT2D eigenvalue weighted by molar-refractivity contribution is -0.165. The van der Waals surface area contributed by atoms with E-state index in [0.717, 1.165) is 42.5 Å². The third-order valence-electron chi connectivity index (χ3n) is 5.60. The zero-order chi connectivity index (χ0) is 24.7. The molecule has 0 spiro atoms. The van der Waals surface area contributed by atoms with Crippen molar-refractivity contribution < 1.29 is 35.1 Å². The maximum Gasteiger partial charge on any atom is 0.335 e. The number of carboxylic acids is 2. The van der Waals surface area contributed by atoms with Crippen LogP contribution in [-0.4, -0.2) is 71.3 Å². The van der Waals surface area contributed by atoms with Gasteiger partial charge >= 0.3 is 11.9 Å². The highest BCUT2D eigenvalue weighted by molar-refractivity contribution is 5.83. The molecule has 12 heteroatoms. The van der Waals surface area contributed by atoms with Crippen molar-refractivity contribution in [2.75, 3.05) is 12.4 Å². The summed E-state index contributed by atoms with van der Waals surface area (Å²) >= 11 is 0. The summed E-state index contributed by atoms with van der Waals surface area (Å²) in [5.41, 5.74) is 1.84. The molecule has 2 heterocycles. The van der Waals surface area contributed by atoms with E-state index in [0.29, 0.717) is 24.2 Å². The van der Waals surface area contributed by atoms with E-state index in [9.17, 15) is 14.7 Å². The number of anilines is 1. The van der Waals surface area contributed by atoms with Crippen LogP contribution in [0.1, 0.15) is 57.0 Å². The van der Waals surface area contributed by atoms with Gasteiger partial charge in [-0.1, -0.05) is 0 Å². The number of imidazole rings is 1. The molecule has 1 aliphatic carbocycles. The summed E-state index contributed by atoms with van der Waals surface area (Å²) < 4.78 is 2.19. The third kappa shape index (κ3) is 6.38. The second-order valence-corrected chi connectivity index (χ2v) is 7.93. The molecule has 0 amide bonds. The Hall–Kier alpha value is -3.27. The smallest absolute Gasteiger partial charge is 0.335 e. The van der Waals surface area contributed by atoms with Crippen molar-refractivity contribution in [2.24, 2.45) is 5.92 Å². The summed E-state index contributed by atoms with van der Waals surface area (Å²) in [4.78, 5) is 28.4. The topological polar surface area (TPSA) is 202 Å². The molecule has 0 saturated heterocycles. The van der Waals surface area contributed by atoms with Crippen LogP contribution in [0.2, 0.25) is 0 Å². The number of carbonyl (C=O) groups is 2. The lowest BCUT2D eigenvalue weighted by Crippen LogP contribution is -2.39. The molecule has 33 heavy (non-hydrogen) atoms. The molecule has 2 aromatic rings. The van der Waals surface area contributed by atoms with Gasteiger partial charge in [0.2, 0.25) is 0 Å². The van der Waals surface area contributed by atoms with Gasteiger partial charge in [0.1, 0.15) is 23.3 Å². The second-order valence-electron chi connectivity index (χ2n) is 7.93. The van der Waals surface area contributed by atoms with Crippen molar-refractivity contribution in [3.05, 3.63) is 18.1 Å². The minimum atomic E-state index is -2.27. The Bertz CT molecular complexity index is 990. The Kier molecular flexibility index (Phi) is 9.10. The SMILES string of the molecule is CNc1cc2c(cn1)nc([C@@H](C)O)n2C1CCC(CC#N)CC1.O=C(O)[C@H](O)[C@@H](O)C(=O)O.